The number of rotatable bonds is 6. The highest BCUT2D eigenvalue weighted by molar-refractivity contribution is 8.03. The molecule has 3 rings (SSSR count). The number of nitrogens with two attached hydrogens (primary N) is 1. The first-order valence-corrected chi connectivity index (χ1v) is 11.5. The maximum Gasteiger partial charge on any atom is 0.124 e. The molecule has 0 aliphatic carbocycles. The third-order valence-corrected chi connectivity index (χ3v) is 5.33. The molecule has 0 saturated heterocycles. The van der Waals surface area contributed by atoms with Crippen molar-refractivity contribution in [2.24, 2.45) is 15.7 Å². The van der Waals surface area contributed by atoms with Crippen molar-refractivity contribution in [1.29, 1.82) is 0 Å². The molecule has 33 heavy (non-hydrogen) atoms. The average molecular weight is 464 g/mol. The normalized spacial score (nSPS) is 12.7. The summed E-state index contributed by atoms with van der Waals surface area (Å²) in [5, 5.41) is 10.2. The van der Waals surface area contributed by atoms with Crippen LogP contribution in [0, 0.1) is 0 Å². The van der Waals surface area contributed by atoms with Gasteiger partial charge in [-0.3, -0.25) is 9.98 Å². The van der Waals surface area contributed by atoms with Gasteiger partial charge >= 0.3 is 0 Å². The van der Waals surface area contributed by atoms with Crippen molar-refractivity contribution < 1.29 is 9.90 Å². The third-order valence-electron chi connectivity index (χ3n) is 4.10. The van der Waals surface area contributed by atoms with Crippen LogP contribution >= 0.6 is 11.8 Å². The molecule has 174 valence electrons. The first-order valence-electron chi connectivity index (χ1n) is 10.7. The van der Waals surface area contributed by atoms with E-state index in [9.17, 15) is 9.90 Å². The number of hydrogen-bond acceptors (Lipinski definition) is 6. The molecule has 0 saturated carbocycles. The second kappa shape index (κ2) is 16.4. The second-order valence-corrected chi connectivity index (χ2v) is 7.78. The molecule has 3 N–H and O–H groups in total. The Bertz CT molecular complexity index is 1020. The van der Waals surface area contributed by atoms with Gasteiger partial charge in [-0.1, -0.05) is 54.2 Å². The number of benzene rings is 2. The first-order chi connectivity index (χ1) is 16.0. The standard InChI is InChI=1S/C20H17NO2S.C4H10N2.C3H6/c1-14-18(11-6-7-13-22)24-19-12-5-3-9-16(19)20(21-14)15-8-2-4-10-17(15)23;1-2-6-4-3-5;1-3-2/h2-6,8-13,23H,7H2,1H3;2H,3-5H2,1H3;3H,1H2,2H3/b11-6-;;. The van der Waals surface area contributed by atoms with Crippen LogP contribution in [0.15, 0.2) is 98.8 Å². The molecule has 2 aromatic rings. The van der Waals surface area contributed by atoms with E-state index in [0.717, 1.165) is 39.6 Å². The van der Waals surface area contributed by atoms with E-state index in [-0.39, 0.29) is 5.75 Å². The van der Waals surface area contributed by atoms with Gasteiger partial charge in [0.05, 0.1) is 18.0 Å². The number of carbonyl (C=O) groups is 1. The number of fused-ring (bicyclic) bond motifs is 1. The summed E-state index contributed by atoms with van der Waals surface area (Å²) in [6, 6.07) is 15.2. The lowest BCUT2D eigenvalue weighted by Crippen LogP contribution is -2.04. The van der Waals surface area contributed by atoms with Crippen LogP contribution in [0.2, 0.25) is 0 Å². The van der Waals surface area contributed by atoms with E-state index < -0.39 is 0 Å². The number of phenols is 1. The van der Waals surface area contributed by atoms with Crippen LogP contribution in [0.5, 0.6) is 5.75 Å². The van der Waals surface area contributed by atoms with E-state index >= 15 is 0 Å². The average Bonchev–Trinajstić information content (AvgIpc) is 2.96. The van der Waals surface area contributed by atoms with Crippen molar-refractivity contribution in [1.82, 2.24) is 0 Å². The van der Waals surface area contributed by atoms with Gasteiger partial charge in [0.2, 0.25) is 0 Å². The molecule has 0 unspecified atom stereocenters. The van der Waals surface area contributed by atoms with Crippen LogP contribution in [0.3, 0.4) is 0 Å². The number of phenolic OH excluding ortho intramolecular Hbond substituents is 1. The third kappa shape index (κ3) is 9.43. The SMILES string of the molecule is C=CC.CC1=C(/C=C\CC=O)Sc2ccccc2C(c2ccccc2O)=N1.CC=NCCN. The van der Waals surface area contributed by atoms with Gasteiger partial charge in [0.15, 0.2) is 0 Å². The molecule has 0 spiro atoms. The van der Waals surface area contributed by atoms with Gasteiger partial charge in [-0.2, -0.15) is 0 Å². The van der Waals surface area contributed by atoms with Crippen LogP contribution in [-0.2, 0) is 4.79 Å². The number of thioether (sulfide) groups is 1. The number of aliphatic imine (C=N–C) groups is 2. The van der Waals surface area contributed by atoms with Crippen molar-refractivity contribution in [2.45, 2.75) is 32.1 Å². The molecule has 0 amide bonds. The number of aldehydes is 1. The summed E-state index contributed by atoms with van der Waals surface area (Å²) >= 11 is 1.62. The Morgan fingerprint density at radius 2 is 1.76 bits per heavy atom. The summed E-state index contributed by atoms with van der Waals surface area (Å²) in [6.07, 6.45) is 8.53. The molecule has 0 atom stereocenters. The molecular formula is C27H33N3O2S. The topological polar surface area (TPSA) is 88.0 Å². The molecule has 0 bridgehead atoms. The van der Waals surface area contributed by atoms with Gasteiger partial charge in [-0.25, -0.2) is 0 Å². The van der Waals surface area contributed by atoms with Crippen LogP contribution in [-0.4, -0.2) is 36.4 Å². The molecule has 1 aliphatic heterocycles. The number of nitrogens with zero attached hydrogens (tertiary/aromatic N) is 2. The minimum Gasteiger partial charge on any atom is -0.507 e. The Morgan fingerprint density at radius 3 is 2.33 bits per heavy atom. The molecule has 6 heteroatoms. The minimum absolute atomic E-state index is 0.212. The molecule has 5 nitrogen and oxygen atoms in total. The van der Waals surface area contributed by atoms with E-state index in [0.29, 0.717) is 18.5 Å². The van der Waals surface area contributed by atoms with Crippen molar-refractivity contribution in [2.75, 3.05) is 13.1 Å². The first kappa shape index (κ1) is 27.8. The van der Waals surface area contributed by atoms with Gasteiger partial charge in [-0.05, 0) is 51.3 Å². The number of allylic oxidation sites excluding steroid dienone is 4. The zero-order chi connectivity index (χ0) is 24.5. The Balaban J connectivity index is 0.000000518. The quantitative estimate of drug-likeness (QED) is 0.315. The molecule has 0 fully saturated rings. The number of para-hydroxylation sites is 1. The predicted molar refractivity (Wildman–Crippen MR) is 143 cm³/mol. The highest BCUT2D eigenvalue weighted by atomic mass is 32.2. The van der Waals surface area contributed by atoms with Crippen molar-refractivity contribution >= 4 is 30.0 Å². The monoisotopic (exact) mass is 463 g/mol. The Kier molecular flexibility index (Phi) is 13.8. The molecule has 0 aromatic heterocycles. The van der Waals surface area contributed by atoms with E-state index in [2.05, 4.69) is 11.6 Å². The fourth-order valence-corrected chi connectivity index (χ4v) is 3.71. The summed E-state index contributed by atoms with van der Waals surface area (Å²) in [4.78, 5) is 21.2. The molecule has 1 aliphatic rings. The zero-order valence-corrected chi connectivity index (χ0v) is 20.4. The Hall–Kier alpha value is -3.22. The van der Waals surface area contributed by atoms with Gasteiger partial charge in [0, 0.05) is 33.9 Å². The maximum absolute atomic E-state index is 10.5. The largest absolute Gasteiger partial charge is 0.507 e. The van der Waals surface area contributed by atoms with Crippen molar-refractivity contribution in [3.05, 3.63) is 95.1 Å². The van der Waals surface area contributed by atoms with E-state index in [1.165, 1.54) is 0 Å². The molecule has 2 aromatic carbocycles. The molecule has 1 heterocycles. The van der Waals surface area contributed by atoms with Gasteiger partial charge < -0.3 is 15.6 Å². The summed E-state index contributed by atoms with van der Waals surface area (Å²) in [7, 11) is 0. The Morgan fingerprint density at radius 1 is 1.12 bits per heavy atom. The van der Waals surface area contributed by atoms with E-state index in [1.807, 2.05) is 69.3 Å². The minimum atomic E-state index is 0.212. The summed E-state index contributed by atoms with van der Waals surface area (Å²) < 4.78 is 0. The summed E-state index contributed by atoms with van der Waals surface area (Å²) in [6.45, 7) is 10.5. The lowest BCUT2D eigenvalue weighted by Gasteiger charge is -2.10. The number of aromatic hydroxyl groups is 1. The van der Waals surface area contributed by atoms with Crippen LogP contribution in [0.25, 0.3) is 0 Å². The van der Waals surface area contributed by atoms with Gasteiger partial charge in [0.1, 0.15) is 12.0 Å². The lowest BCUT2D eigenvalue weighted by atomic mass is 10.0. The lowest BCUT2D eigenvalue weighted by molar-refractivity contribution is -0.107. The van der Waals surface area contributed by atoms with Crippen LogP contribution < -0.4 is 5.73 Å². The predicted octanol–water partition coefficient (Wildman–Crippen LogP) is 5.94. The van der Waals surface area contributed by atoms with Crippen LogP contribution in [0.1, 0.15) is 38.3 Å². The van der Waals surface area contributed by atoms with Gasteiger partial charge in [0.25, 0.3) is 0 Å². The summed E-state index contributed by atoms with van der Waals surface area (Å²) in [5.41, 5.74) is 8.41. The highest BCUT2D eigenvalue weighted by Crippen LogP contribution is 2.38. The summed E-state index contributed by atoms with van der Waals surface area (Å²) in [5.74, 6) is 0.212. The maximum atomic E-state index is 10.5. The van der Waals surface area contributed by atoms with E-state index in [4.69, 9.17) is 10.7 Å². The van der Waals surface area contributed by atoms with Crippen LogP contribution in [0.4, 0.5) is 0 Å². The zero-order valence-electron chi connectivity index (χ0n) is 19.6. The number of carbonyl (C=O) groups excluding carboxylic acids is 1. The van der Waals surface area contributed by atoms with Crippen molar-refractivity contribution in [3.8, 4) is 5.75 Å². The van der Waals surface area contributed by atoms with E-state index in [1.54, 1.807) is 36.2 Å². The Labute approximate surface area is 201 Å². The molecular weight excluding hydrogens is 430 g/mol. The smallest absolute Gasteiger partial charge is 0.124 e. The van der Waals surface area contributed by atoms with Gasteiger partial charge in [-0.15, -0.1) is 6.58 Å². The fraction of sp³-hybridized carbons (Fsp3) is 0.222. The molecule has 0 radical (unpaired) electrons. The highest BCUT2D eigenvalue weighted by Gasteiger charge is 2.19. The fourth-order valence-electron chi connectivity index (χ4n) is 2.69. The second-order valence-electron chi connectivity index (χ2n) is 6.69. The number of hydrogen-bond donors (Lipinski definition) is 2. The van der Waals surface area contributed by atoms with Crippen molar-refractivity contribution in [3.63, 3.8) is 0 Å².